The van der Waals surface area contributed by atoms with E-state index >= 15 is 0 Å². The van der Waals surface area contributed by atoms with Crippen LogP contribution in [0.25, 0.3) is 0 Å². The minimum Gasteiger partial charge on any atom is -0.314 e. The number of unbranched alkanes of at least 4 members (excludes halogenated alkanes) is 1. The number of hydrogen-bond donors (Lipinski definition) is 2. The van der Waals surface area contributed by atoms with Crippen LogP contribution in [-0.4, -0.2) is 25.0 Å². The second-order valence-corrected chi connectivity index (χ2v) is 6.18. The number of rotatable bonds is 7. The van der Waals surface area contributed by atoms with Gasteiger partial charge in [-0.1, -0.05) is 26.7 Å². The van der Waals surface area contributed by atoms with Crippen molar-refractivity contribution in [3.8, 4) is 12.1 Å². The number of amidine groups is 1. The quantitative estimate of drug-likeness (QED) is 0.662. The Morgan fingerprint density at radius 2 is 1.73 bits per heavy atom. The number of hydrogen-bond acceptors (Lipinski definition) is 5. The van der Waals surface area contributed by atoms with E-state index in [4.69, 9.17) is 15.2 Å². The lowest BCUT2D eigenvalue weighted by Gasteiger charge is -2.31. The minimum atomic E-state index is -1.35. The highest BCUT2D eigenvalue weighted by atomic mass is 16.7. The summed E-state index contributed by atoms with van der Waals surface area (Å²) in [6.45, 7) is 8.42. The van der Waals surface area contributed by atoms with Crippen LogP contribution in [0, 0.1) is 38.9 Å². The fourth-order valence-corrected chi connectivity index (χ4v) is 4.45. The van der Waals surface area contributed by atoms with E-state index in [1.807, 2.05) is 20.8 Å². The Hall–Kier alpha value is -1.63. The molecule has 0 aromatic carbocycles. The molecule has 1 aliphatic carbocycles. The van der Waals surface area contributed by atoms with Crippen LogP contribution in [-0.2, 0) is 9.47 Å². The van der Waals surface area contributed by atoms with Crippen molar-refractivity contribution >= 4 is 5.84 Å². The third-order valence-electron chi connectivity index (χ3n) is 5.41. The highest BCUT2D eigenvalue weighted by molar-refractivity contribution is 5.94. The molecule has 6 heteroatoms. The standard InChI is InChI=1S/C16H24N4O2/c1-5-8-9-13(4)14(10-17)12(19)20-16(21-6-2,22-7-3)15(13,14)11-18/h5-9H2,1-4H3,(H2,19,20)/p+1/t13-,14-,15+/m0/s1. The molecule has 2 aliphatic rings. The van der Waals surface area contributed by atoms with Crippen molar-refractivity contribution in [1.82, 2.24) is 0 Å². The van der Waals surface area contributed by atoms with Gasteiger partial charge in [-0.15, -0.1) is 0 Å². The van der Waals surface area contributed by atoms with Crippen molar-refractivity contribution in [3.05, 3.63) is 0 Å². The van der Waals surface area contributed by atoms with Gasteiger partial charge in [0.15, 0.2) is 10.8 Å². The van der Waals surface area contributed by atoms with Crippen LogP contribution in [0.2, 0.25) is 0 Å². The summed E-state index contributed by atoms with van der Waals surface area (Å²) < 4.78 is 11.7. The lowest BCUT2D eigenvalue weighted by atomic mass is 9.87. The van der Waals surface area contributed by atoms with Gasteiger partial charge in [0, 0.05) is 5.41 Å². The maximum Gasteiger partial charge on any atom is 0.343 e. The zero-order chi connectivity index (χ0) is 16.6. The summed E-state index contributed by atoms with van der Waals surface area (Å²) in [7, 11) is 0. The number of fused-ring (bicyclic) bond motifs is 1. The van der Waals surface area contributed by atoms with Crippen LogP contribution in [0.1, 0.15) is 47.0 Å². The van der Waals surface area contributed by atoms with Gasteiger partial charge >= 0.3 is 5.91 Å². The van der Waals surface area contributed by atoms with Gasteiger partial charge in [0.1, 0.15) is 0 Å². The van der Waals surface area contributed by atoms with Crippen molar-refractivity contribution in [2.75, 3.05) is 13.2 Å². The molecule has 3 N–H and O–H groups in total. The molecule has 0 radical (unpaired) electrons. The highest BCUT2D eigenvalue weighted by Crippen LogP contribution is 2.83. The summed E-state index contributed by atoms with van der Waals surface area (Å²) in [4.78, 5) is 2.99. The molecule has 0 saturated heterocycles. The number of nitrogens with two attached hydrogens (primary N) is 1. The minimum absolute atomic E-state index is 0.289. The summed E-state index contributed by atoms with van der Waals surface area (Å²) in [6, 6.07) is 4.68. The fourth-order valence-electron chi connectivity index (χ4n) is 4.45. The van der Waals surface area contributed by atoms with Crippen LogP contribution in [0.3, 0.4) is 0 Å². The van der Waals surface area contributed by atoms with Crippen molar-refractivity contribution in [2.24, 2.45) is 22.0 Å². The van der Waals surface area contributed by atoms with E-state index in [-0.39, 0.29) is 5.84 Å². The van der Waals surface area contributed by atoms with Gasteiger partial charge in [-0.3, -0.25) is 5.73 Å². The Bertz CT molecular complexity index is 570. The first kappa shape index (κ1) is 16.7. The van der Waals surface area contributed by atoms with Gasteiger partial charge in [0.05, 0.1) is 25.4 Å². The Kier molecular flexibility index (Phi) is 3.97. The predicted molar refractivity (Wildman–Crippen MR) is 79.9 cm³/mol. The van der Waals surface area contributed by atoms with Crippen LogP contribution >= 0.6 is 0 Å². The van der Waals surface area contributed by atoms with E-state index in [2.05, 4.69) is 24.1 Å². The first-order valence-corrected chi connectivity index (χ1v) is 7.95. The third-order valence-corrected chi connectivity index (χ3v) is 5.41. The van der Waals surface area contributed by atoms with Crippen molar-refractivity contribution < 1.29 is 14.5 Å². The lowest BCUT2D eigenvalue weighted by molar-refractivity contribution is -0.695. The van der Waals surface area contributed by atoms with Crippen molar-refractivity contribution in [1.29, 1.82) is 10.5 Å². The lowest BCUT2D eigenvalue weighted by Crippen LogP contribution is -2.91. The van der Waals surface area contributed by atoms with E-state index in [0.29, 0.717) is 13.2 Å². The molecule has 1 fully saturated rings. The Balaban J connectivity index is 2.63. The smallest absolute Gasteiger partial charge is 0.314 e. The Morgan fingerprint density at radius 1 is 1.14 bits per heavy atom. The van der Waals surface area contributed by atoms with Gasteiger partial charge in [-0.05, 0) is 20.3 Å². The van der Waals surface area contributed by atoms with Crippen LogP contribution in [0.15, 0.2) is 0 Å². The molecule has 0 bridgehead atoms. The van der Waals surface area contributed by atoms with Crippen molar-refractivity contribution in [3.63, 3.8) is 0 Å². The molecule has 22 heavy (non-hydrogen) atoms. The monoisotopic (exact) mass is 305 g/mol. The van der Waals surface area contributed by atoms with Crippen molar-refractivity contribution in [2.45, 2.75) is 52.9 Å². The molecule has 0 amide bonds. The topological polar surface area (TPSA) is 106 Å². The maximum atomic E-state index is 10.0. The molecular weight excluding hydrogens is 280 g/mol. The first-order chi connectivity index (χ1) is 10.4. The van der Waals surface area contributed by atoms with E-state index < -0.39 is 22.2 Å². The largest absolute Gasteiger partial charge is 0.343 e. The summed E-state index contributed by atoms with van der Waals surface area (Å²) in [5.74, 6) is -1.06. The zero-order valence-corrected chi connectivity index (χ0v) is 13.8. The first-order valence-electron chi connectivity index (χ1n) is 7.95. The molecule has 120 valence electrons. The molecule has 0 aromatic rings. The molecule has 3 atom stereocenters. The summed E-state index contributed by atoms with van der Waals surface area (Å²) in [5.41, 5.74) is 3.39. The summed E-state index contributed by atoms with van der Waals surface area (Å²) >= 11 is 0. The second kappa shape index (κ2) is 5.22. The zero-order valence-electron chi connectivity index (χ0n) is 13.8. The van der Waals surface area contributed by atoms with Crippen LogP contribution in [0.5, 0.6) is 0 Å². The SMILES string of the molecule is CCCC[C@@]1(C)[C@]2(C#N)C(N)=[NH+]C(OCC)(OCC)[C@]12C#N. The summed E-state index contributed by atoms with van der Waals surface area (Å²) in [6.07, 6.45) is 2.64. The number of nitrogens with zero attached hydrogens (tertiary/aromatic N) is 2. The van der Waals surface area contributed by atoms with E-state index in [9.17, 15) is 10.5 Å². The van der Waals surface area contributed by atoms with E-state index in [1.54, 1.807) is 0 Å². The molecule has 2 rings (SSSR count). The molecular formula is C16H25N4O2+. The highest BCUT2D eigenvalue weighted by Gasteiger charge is 3.02. The van der Waals surface area contributed by atoms with Gasteiger partial charge < -0.3 is 9.47 Å². The van der Waals surface area contributed by atoms with Gasteiger partial charge in [-0.25, -0.2) is 4.99 Å². The van der Waals surface area contributed by atoms with Gasteiger partial charge in [0.2, 0.25) is 0 Å². The number of ether oxygens (including phenoxy) is 2. The summed E-state index contributed by atoms with van der Waals surface area (Å²) in [5, 5.41) is 19.9. The molecule has 0 unspecified atom stereocenters. The molecule has 0 aromatic heterocycles. The van der Waals surface area contributed by atoms with Crippen LogP contribution in [0.4, 0.5) is 0 Å². The average Bonchev–Trinajstić information content (AvgIpc) is 2.90. The normalized spacial score (nSPS) is 37.8. The second-order valence-electron chi connectivity index (χ2n) is 6.18. The van der Waals surface area contributed by atoms with E-state index in [0.717, 1.165) is 19.3 Å². The van der Waals surface area contributed by atoms with Crippen LogP contribution < -0.4 is 10.7 Å². The van der Waals surface area contributed by atoms with Gasteiger partial charge in [-0.2, -0.15) is 10.5 Å². The molecule has 1 heterocycles. The third kappa shape index (κ3) is 1.42. The molecule has 1 aliphatic heterocycles. The number of nitrogens with one attached hydrogen (secondary N) is 1. The predicted octanol–water partition coefficient (Wildman–Crippen LogP) is 0.395. The molecule has 6 nitrogen and oxygen atoms in total. The maximum absolute atomic E-state index is 10.0. The fraction of sp³-hybridized carbons (Fsp3) is 0.812. The Morgan fingerprint density at radius 3 is 2.14 bits per heavy atom. The molecule has 1 saturated carbocycles. The van der Waals surface area contributed by atoms with Gasteiger partial charge in [0.25, 0.3) is 5.84 Å². The number of nitriles is 2. The average molecular weight is 305 g/mol. The Labute approximate surface area is 131 Å². The van der Waals surface area contributed by atoms with E-state index in [1.165, 1.54) is 0 Å². The molecule has 0 spiro atoms.